The van der Waals surface area contributed by atoms with Gasteiger partial charge in [0.25, 0.3) is 0 Å². The Hall–Kier alpha value is -1.27. The maximum Gasteiger partial charge on any atom is 0.248 e. The standard InChI is InChI=1S/C7H11F2N5/c1-14-6(11-12-13-14)10-4-5-2-7(8,9)3-5/h5H,2-4H2,1H3,(H,10,11,13). The van der Waals surface area contributed by atoms with E-state index in [1.807, 2.05) is 0 Å². The second kappa shape index (κ2) is 3.14. The molecule has 7 heteroatoms. The lowest BCUT2D eigenvalue weighted by atomic mass is 9.81. The van der Waals surface area contributed by atoms with Gasteiger partial charge in [-0.15, -0.1) is 0 Å². The van der Waals surface area contributed by atoms with Crippen molar-refractivity contribution < 1.29 is 8.78 Å². The van der Waals surface area contributed by atoms with Gasteiger partial charge in [0.05, 0.1) is 0 Å². The number of nitrogens with zero attached hydrogens (tertiary/aromatic N) is 4. The summed E-state index contributed by atoms with van der Waals surface area (Å²) in [6.07, 6.45) is -0.0729. The molecule has 0 radical (unpaired) electrons. The third-order valence-electron chi connectivity index (χ3n) is 2.34. The Morgan fingerprint density at radius 1 is 1.57 bits per heavy atom. The Morgan fingerprint density at radius 2 is 2.29 bits per heavy atom. The van der Waals surface area contributed by atoms with Crippen molar-refractivity contribution in [2.24, 2.45) is 13.0 Å². The highest BCUT2D eigenvalue weighted by Crippen LogP contribution is 2.42. The van der Waals surface area contributed by atoms with E-state index in [1.54, 1.807) is 7.05 Å². The van der Waals surface area contributed by atoms with Crippen molar-refractivity contribution in [3.05, 3.63) is 0 Å². The first-order valence-electron chi connectivity index (χ1n) is 4.41. The first kappa shape index (κ1) is 9.29. The number of anilines is 1. The van der Waals surface area contributed by atoms with E-state index in [-0.39, 0.29) is 18.8 Å². The van der Waals surface area contributed by atoms with Crippen LogP contribution in [0.15, 0.2) is 0 Å². The fourth-order valence-corrected chi connectivity index (χ4v) is 1.54. The molecule has 0 unspecified atom stereocenters. The summed E-state index contributed by atoms with van der Waals surface area (Å²) in [5.41, 5.74) is 0. The molecule has 2 rings (SSSR count). The molecule has 1 saturated carbocycles. The molecule has 1 N–H and O–H groups in total. The van der Waals surface area contributed by atoms with Crippen LogP contribution in [0, 0.1) is 5.92 Å². The van der Waals surface area contributed by atoms with E-state index in [1.165, 1.54) is 4.68 Å². The minimum absolute atomic E-state index is 0.0294. The number of tetrazole rings is 1. The predicted molar refractivity (Wildman–Crippen MR) is 45.0 cm³/mol. The zero-order valence-electron chi connectivity index (χ0n) is 7.74. The number of aryl methyl sites for hydroxylation is 1. The Labute approximate surface area is 79.5 Å². The van der Waals surface area contributed by atoms with Gasteiger partial charge in [0, 0.05) is 26.4 Å². The van der Waals surface area contributed by atoms with E-state index in [4.69, 9.17) is 0 Å². The van der Waals surface area contributed by atoms with Crippen LogP contribution in [0.3, 0.4) is 0 Å². The fraction of sp³-hybridized carbons (Fsp3) is 0.857. The molecule has 0 atom stereocenters. The van der Waals surface area contributed by atoms with Crippen LogP contribution in [0.5, 0.6) is 0 Å². The molecule has 0 amide bonds. The van der Waals surface area contributed by atoms with Crippen molar-refractivity contribution >= 4 is 5.95 Å². The van der Waals surface area contributed by atoms with Crippen molar-refractivity contribution in [3.8, 4) is 0 Å². The number of aromatic nitrogens is 4. The fourth-order valence-electron chi connectivity index (χ4n) is 1.54. The van der Waals surface area contributed by atoms with Crippen LogP contribution >= 0.6 is 0 Å². The molecule has 0 saturated heterocycles. The average Bonchev–Trinajstić information content (AvgIpc) is 2.44. The summed E-state index contributed by atoms with van der Waals surface area (Å²) in [5, 5.41) is 13.6. The quantitative estimate of drug-likeness (QED) is 0.784. The summed E-state index contributed by atoms with van der Waals surface area (Å²) < 4.78 is 26.4. The average molecular weight is 203 g/mol. The van der Waals surface area contributed by atoms with Gasteiger partial charge in [-0.2, -0.15) is 0 Å². The van der Waals surface area contributed by atoms with E-state index in [0.717, 1.165) is 0 Å². The van der Waals surface area contributed by atoms with Gasteiger partial charge in [0.1, 0.15) is 0 Å². The molecule has 14 heavy (non-hydrogen) atoms. The molecule has 0 aromatic carbocycles. The lowest BCUT2D eigenvalue weighted by Crippen LogP contribution is -2.39. The molecule has 1 aromatic heterocycles. The summed E-state index contributed by atoms with van der Waals surface area (Å²) in [4.78, 5) is 0. The van der Waals surface area contributed by atoms with Gasteiger partial charge in [0.15, 0.2) is 0 Å². The van der Waals surface area contributed by atoms with Gasteiger partial charge in [0.2, 0.25) is 11.9 Å². The van der Waals surface area contributed by atoms with Gasteiger partial charge < -0.3 is 5.32 Å². The number of alkyl halides is 2. The minimum atomic E-state index is -2.45. The molecule has 78 valence electrons. The van der Waals surface area contributed by atoms with Crippen LogP contribution < -0.4 is 5.32 Å². The third-order valence-corrected chi connectivity index (χ3v) is 2.34. The van der Waals surface area contributed by atoms with Crippen molar-refractivity contribution in [1.29, 1.82) is 0 Å². The summed E-state index contributed by atoms with van der Waals surface area (Å²) >= 11 is 0. The molecule has 1 aliphatic rings. The lowest BCUT2D eigenvalue weighted by Gasteiger charge is -2.34. The molecular formula is C7H11F2N5. The first-order chi connectivity index (χ1) is 6.57. The summed E-state index contributed by atoms with van der Waals surface area (Å²) in [6, 6.07) is 0. The SMILES string of the molecule is Cn1nnnc1NCC1CC(F)(F)C1. The zero-order chi connectivity index (χ0) is 10.2. The second-order valence-electron chi connectivity index (χ2n) is 3.64. The number of nitrogens with one attached hydrogen (secondary N) is 1. The van der Waals surface area contributed by atoms with Crippen LogP contribution in [-0.4, -0.2) is 32.7 Å². The summed E-state index contributed by atoms with van der Waals surface area (Å²) in [7, 11) is 1.69. The van der Waals surface area contributed by atoms with E-state index in [2.05, 4.69) is 20.8 Å². The maximum absolute atomic E-state index is 12.5. The maximum atomic E-state index is 12.5. The van der Waals surface area contributed by atoms with Crippen LogP contribution in [0.2, 0.25) is 0 Å². The second-order valence-corrected chi connectivity index (χ2v) is 3.64. The number of halogens is 2. The Bertz CT molecular complexity index is 316. The molecule has 0 spiro atoms. The third kappa shape index (κ3) is 1.80. The van der Waals surface area contributed by atoms with Crippen LogP contribution in [0.4, 0.5) is 14.7 Å². The molecule has 1 aliphatic carbocycles. The molecular weight excluding hydrogens is 192 g/mol. The van der Waals surface area contributed by atoms with Crippen molar-refractivity contribution in [1.82, 2.24) is 20.2 Å². The summed E-state index contributed by atoms with van der Waals surface area (Å²) in [6.45, 7) is 0.504. The van der Waals surface area contributed by atoms with E-state index < -0.39 is 5.92 Å². The first-order valence-corrected chi connectivity index (χ1v) is 4.41. The Balaban J connectivity index is 1.77. The molecule has 1 heterocycles. The molecule has 1 aromatic rings. The van der Waals surface area contributed by atoms with E-state index >= 15 is 0 Å². The van der Waals surface area contributed by atoms with E-state index in [0.29, 0.717) is 12.5 Å². The molecule has 0 bridgehead atoms. The lowest BCUT2D eigenvalue weighted by molar-refractivity contribution is -0.106. The number of rotatable bonds is 3. The van der Waals surface area contributed by atoms with Crippen molar-refractivity contribution in [2.75, 3.05) is 11.9 Å². The highest BCUT2D eigenvalue weighted by Gasteiger charge is 2.44. The molecule has 0 aliphatic heterocycles. The van der Waals surface area contributed by atoms with Crippen molar-refractivity contribution in [3.63, 3.8) is 0 Å². The van der Waals surface area contributed by atoms with Crippen LogP contribution in [0.1, 0.15) is 12.8 Å². The topological polar surface area (TPSA) is 55.6 Å². The monoisotopic (exact) mass is 203 g/mol. The number of hydrogen-bond acceptors (Lipinski definition) is 4. The van der Waals surface area contributed by atoms with Crippen LogP contribution in [0.25, 0.3) is 0 Å². The summed E-state index contributed by atoms with van der Waals surface area (Å²) in [5.74, 6) is -1.91. The molecule has 1 fully saturated rings. The van der Waals surface area contributed by atoms with Gasteiger partial charge >= 0.3 is 0 Å². The smallest absolute Gasteiger partial charge is 0.248 e. The van der Waals surface area contributed by atoms with Gasteiger partial charge in [-0.3, -0.25) is 0 Å². The highest BCUT2D eigenvalue weighted by atomic mass is 19.3. The Kier molecular flexibility index (Phi) is 2.09. The Morgan fingerprint density at radius 3 is 2.79 bits per heavy atom. The van der Waals surface area contributed by atoms with Gasteiger partial charge in [-0.1, -0.05) is 5.10 Å². The predicted octanol–water partition coefficient (Wildman–Crippen LogP) is 0.667. The van der Waals surface area contributed by atoms with Gasteiger partial charge in [-0.05, 0) is 16.3 Å². The molecule has 5 nitrogen and oxygen atoms in total. The van der Waals surface area contributed by atoms with E-state index in [9.17, 15) is 8.78 Å². The van der Waals surface area contributed by atoms with Gasteiger partial charge in [-0.25, -0.2) is 13.5 Å². The van der Waals surface area contributed by atoms with Crippen molar-refractivity contribution in [2.45, 2.75) is 18.8 Å². The minimum Gasteiger partial charge on any atom is -0.353 e. The highest BCUT2D eigenvalue weighted by molar-refractivity contribution is 5.21. The largest absolute Gasteiger partial charge is 0.353 e. The normalized spacial score (nSPS) is 20.5. The zero-order valence-corrected chi connectivity index (χ0v) is 7.74. The number of hydrogen-bond donors (Lipinski definition) is 1. The van der Waals surface area contributed by atoms with Crippen LogP contribution in [-0.2, 0) is 7.05 Å².